The zero-order valence-corrected chi connectivity index (χ0v) is 22.6. The summed E-state index contributed by atoms with van der Waals surface area (Å²) in [7, 11) is 3.21. The monoisotopic (exact) mass is 531 g/mol. The second kappa shape index (κ2) is 11.6. The van der Waals surface area contributed by atoms with Crippen molar-refractivity contribution in [2.45, 2.75) is 51.7 Å². The topological polar surface area (TPSA) is 110 Å². The van der Waals surface area contributed by atoms with E-state index in [0.29, 0.717) is 23.9 Å². The highest BCUT2D eigenvalue weighted by Gasteiger charge is 2.27. The van der Waals surface area contributed by atoms with E-state index >= 15 is 0 Å². The van der Waals surface area contributed by atoms with Gasteiger partial charge in [-0.25, -0.2) is 4.68 Å². The largest absolute Gasteiger partial charge is 0.493 e. The number of carbonyl (C=O) groups excluding carboxylic acids is 1. The number of methoxy groups -OCH3 is 2. The van der Waals surface area contributed by atoms with Gasteiger partial charge in [0.2, 0.25) is 0 Å². The maximum atomic E-state index is 13.2. The van der Waals surface area contributed by atoms with Crippen molar-refractivity contribution < 1.29 is 23.7 Å². The first-order valence-electron chi connectivity index (χ1n) is 13.1. The fourth-order valence-electron chi connectivity index (χ4n) is 4.90. The van der Waals surface area contributed by atoms with E-state index in [1.807, 2.05) is 38.1 Å². The van der Waals surface area contributed by atoms with Gasteiger partial charge in [-0.1, -0.05) is 0 Å². The number of pyridine rings is 2. The molecule has 1 aromatic carbocycles. The van der Waals surface area contributed by atoms with Crippen LogP contribution in [0.3, 0.4) is 0 Å². The minimum absolute atomic E-state index is 0.0237. The third-order valence-corrected chi connectivity index (χ3v) is 6.96. The maximum absolute atomic E-state index is 13.2. The van der Waals surface area contributed by atoms with Crippen LogP contribution in [0.2, 0.25) is 0 Å². The first-order valence-corrected chi connectivity index (χ1v) is 13.1. The molecule has 39 heavy (non-hydrogen) atoms. The second-order valence-electron chi connectivity index (χ2n) is 9.48. The highest BCUT2D eigenvalue weighted by molar-refractivity contribution is 5.95. The van der Waals surface area contributed by atoms with Gasteiger partial charge in [-0.2, -0.15) is 5.10 Å². The van der Waals surface area contributed by atoms with Gasteiger partial charge in [-0.3, -0.25) is 14.8 Å². The highest BCUT2D eigenvalue weighted by Crippen LogP contribution is 2.36. The minimum Gasteiger partial charge on any atom is -0.493 e. The van der Waals surface area contributed by atoms with Gasteiger partial charge in [0.25, 0.3) is 5.91 Å². The average molecular weight is 532 g/mol. The molecule has 3 heterocycles. The third-order valence-electron chi connectivity index (χ3n) is 6.96. The summed E-state index contributed by atoms with van der Waals surface area (Å²) in [6.45, 7) is 4.29. The number of hydrogen-bond donors (Lipinski definition) is 1. The molecular formula is C29H33N5O5. The fraction of sp³-hybridized carbons (Fsp3) is 0.379. The Bertz CT molecular complexity index is 1460. The van der Waals surface area contributed by atoms with Crippen LogP contribution in [-0.2, 0) is 0 Å². The van der Waals surface area contributed by atoms with E-state index in [9.17, 15) is 4.79 Å². The maximum Gasteiger partial charge on any atom is 0.275 e. The van der Waals surface area contributed by atoms with Gasteiger partial charge in [0.05, 0.1) is 50.5 Å². The van der Waals surface area contributed by atoms with E-state index < -0.39 is 0 Å². The van der Waals surface area contributed by atoms with E-state index in [0.717, 1.165) is 53.6 Å². The minimum atomic E-state index is -0.246. The standard InChI is InChI=1S/C29H33N5O5/c1-5-38-27-17-34(23-16-30-12-10-18(23)2)33-28(27)29(35)32-19-6-8-20(9-7-19)39-24-11-13-31-22-15-26(37-4)25(36-3)14-21(22)24/h10-17,19-20H,5-9H2,1-4H3,(H,32,35). The Morgan fingerprint density at radius 3 is 2.51 bits per heavy atom. The lowest BCUT2D eigenvalue weighted by atomic mass is 9.92. The molecule has 1 fully saturated rings. The molecule has 0 atom stereocenters. The van der Waals surface area contributed by atoms with Gasteiger partial charge >= 0.3 is 0 Å². The molecule has 0 radical (unpaired) electrons. The van der Waals surface area contributed by atoms with E-state index in [1.165, 1.54) is 0 Å². The van der Waals surface area contributed by atoms with E-state index in [4.69, 9.17) is 18.9 Å². The molecule has 0 unspecified atom stereocenters. The molecular weight excluding hydrogens is 498 g/mol. The number of nitrogens with zero attached hydrogens (tertiary/aromatic N) is 4. The van der Waals surface area contributed by atoms with E-state index in [1.54, 1.807) is 43.7 Å². The average Bonchev–Trinajstić information content (AvgIpc) is 3.37. The zero-order valence-electron chi connectivity index (χ0n) is 22.6. The predicted molar refractivity (Wildman–Crippen MR) is 146 cm³/mol. The molecule has 1 saturated carbocycles. The molecule has 0 saturated heterocycles. The molecule has 204 valence electrons. The summed E-state index contributed by atoms with van der Waals surface area (Å²) >= 11 is 0. The molecule has 1 N–H and O–H groups in total. The van der Waals surface area contributed by atoms with Crippen molar-refractivity contribution in [3.05, 3.63) is 60.3 Å². The first kappa shape index (κ1) is 26.3. The van der Waals surface area contributed by atoms with Crippen molar-refractivity contribution in [3.8, 4) is 28.7 Å². The highest BCUT2D eigenvalue weighted by atomic mass is 16.5. The third kappa shape index (κ3) is 5.59. The predicted octanol–water partition coefficient (Wildman–Crippen LogP) is 4.66. The van der Waals surface area contributed by atoms with Crippen molar-refractivity contribution in [2.75, 3.05) is 20.8 Å². The summed E-state index contributed by atoms with van der Waals surface area (Å²) in [5.41, 5.74) is 2.85. The van der Waals surface area contributed by atoms with Crippen LogP contribution in [0.1, 0.15) is 48.7 Å². The van der Waals surface area contributed by atoms with Crippen LogP contribution in [0, 0.1) is 6.92 Å². The number of aryl methyl sites for hydroxylation is 1. The van der Waals surface area contributed by atoms with Gasteiger partial charge in [0.1, 0.15) is 5.75 Å². The van der Waals surface area contributed by atoms with Gasteiger partial charge in [0.15, 0.2) is 22.9 Å². The first-order chi connectivity index (χ1) is 19.0. The SMILES string of the molecule is CCOc1cn(-c2cnccc2C)nc1C(=O)NC1CCC(Oc2ccnc3cc(OC)c(OC)cc23)CC1. The number of hydrogen-bond acceptors (Lipinski definition) is 8. The van der Waals surface area contributed by atoms with Crippen LogP contribution in [0.4, 0.5) is 0 Å². The molecule has 1 aliphatic rings. The number of carbonyl (C=O) groups is 1. The quantitative estimate of drug-likeness (QED) is 0.332. The molecule has 1 amide bonds. The van der Waals surface area contributed by atoms with Gasteiger partial charge in [-0.15, -0.1) is 0 Å². The fourth-order valence-corrected chi connectivity index (χ4v) is 4.90. The molecule has 3 aromatic heterocycles. The molecule has 0 spiro atoms. The van der Waals surface area contributed by atoms with Crippen molar-refractivity contribution in [1.82, 2.24) is 25.1 Å². The number of fused-ring (bicyclic) bond motifs is 1. The van der Waals surface area contributed by atoms with Crippen LogP contribution in [-0.4, -0.2) is 58.6 Å². The molecule has 4 aromatic rings. The number of aromatic nitrogens is 4. The van der Waals surface area contributed by atoms with Crippen LogP contribution in [0.25, 0.3) is 16.6 Å². The smallest absolute Gasteiger partial charge is 0.275 e. The summed E-state index contributed by atoms with van der Waals surface area (Å²) in [5.74, 6) is 2.21. The molecule has 0 bridgehead atoms. The number of ether oxygens (including phenoxy) is 4. The normalized spacial score (nSPS) is 17.0. The molecule has 0 aliphatic heterocycles. The number of amides is 1. The van der Waals surface area contributed by atoms with Crippen molar-refractivity contribution in [1.29, 1.82) is 0 Å². The van der Waals surface area contributed by atoms with Crippen LogP contribution >= 0.6 is 0 Å². The Hall–Kier alpha value is -4.34. The number of nitrogens with one attached hydrogen (secondary N) is 1. The zero-order chi connectivity index (χ0) is 27.4. The molecule has 10 nitrogen and oxygen atoms in total. The molecule has 1 aliphatic carbocycles. The summed E-state index contributed by atoms with van der Waals surface area (Å²) in [5, 5.41) is 8.56. The van der Waals surface area contributed by atoms with Gasteiger partial charge < -0.3 is 24.3 Å². The molecule has 10 heteroatoms. The summed E-state index contributed by atoms with van der Waals surface area (Å²) < 4.78 is 24.7. The van der Waals surface area contributed by atoms with Crippen molar-refractivity contribution in [3.63, 3.8) is 0 Å². The Morgan fingerprint density at radius 1 is 1.03 bits per heavy atom. The van der Waals surface area contributed by atoms with E-state index in [-0.39, 0.29) is 23.7 Å². The van der Waals surface area contributed by atoms with Crippen molar-refractivity contribution in [2.24, 2.45) is 0 Å². The van der Waals surface area contributed by atoms with Gasteiger partial charge in [-0.05, 0) is 63.3 Å². The van der Waals surface area contributed by atoms with Gasteiger partial charge in [0, 0.05) is 29.9 Å². The number of benzene rings is 1. The summed E-state index contributed by atoms with van der Waals surface area (Å²) in [6.07, 6.45) is 10.2. The van der Waals surface area contributed by atoms with E-state index in [2.05, 4.69) is 20.4 Å². The lowest BCUT2D eigenvalue weighted by Crippen LogP contribution is -2.40. The van der Waals surface area contributed by atoms with Crippen LogP contribution in [0.15, 0.2) is 49.1 Å². The van der Waals surface area contributed by atoms with Crippen LogP contribution in [0.5, 0.6) is 23.0 Å². The second-order valence-corrected chi connectivity index (χ2v) is 9.48. The Kier molecular flexibility index (Phi) is 7.81. The lowest BCUT2D eigenvalue weighted by Gasteiger charge is -2.29. The van der Waals surface area contributed by atoms with Crippen molar-refractivity contribution >= 4 is 16.8 Å². The Morgan fingerprint density at radius 2 is 1.79 bits per heavy atom. The van der Waals surface area contributed by atoms with Crippen LogP contribution < -0.4 is 24.3 Å². The lowest BCUT2D eigenvalue weighted by molar-refractivity contribution is 0.0886. The molecule has 5 rings (SSSR count). The summed E-state index contributed by atoms with van der Waals surface area (Å²) in [6, 6.07) is 7.54. The Balaban J connectivity index is 1.24. The number of rotatable bonds is 9. The summed E-state index contributed by atoms with van der Waals surface area (Å²) in [4.78, 5) is 21.9. The Labute approximate surface area is 227 Å².